The first-order valence-electron chi connectivity index (χ1n) is 10.9. The van der Waals surface area contributed by atoms with Crippen LogP contribution >= 0.6 is 0 Å². The SMILES string of the molecule is CCc1ccc(-c2c(-c3ccccc3)oc3ncnc(OC[C@H](C)OCCC(=O)O)c23)cc1. The van der Waals surface area contributed by atoms with Gasteiger partial charge in [0.25, 0.3) is 0 Å². The molecule has 0 bridgehead atoms. The van der Waals surface area contributed by atoms with Gasteiger partial charge < -0.3 is 19.0 Å². The Morgan fingerprint density at radius 1 is 1.06 bits per heavy atom. The van der Waals surface area contributed by atoms with Gasteiger partial charge in [0, 0.05) is 11.1 Å². The number of aryl methyl sites for hydroxylation is 1. The second-order valence-electron chi connectivity index (χ2n) is 7.72. The lowest BCUT2D eigenvalue weighted by Crippen LogP contribution is -2.20. The van der Waals surface area contributed by atoms with Crippen molar-refractivity contribution < 1.29 is 23.8 Å². The molecule has 0 radical (unpaired) electrons. The van der Waals surface area contributed by atoms with Gasteiger partial charge in [0.15, 0.2) is 0 Å². The van der Waals surface area contributed by atoms with Crippen LogP contribution in [-0.2, 0) is 16.0 Å². The summed E-state index contributed by atoms with van der Waals surface area (Å²) >= 11 is 0. The van der Waals surface area contributed by atoms with E-state index in [1.807, 2.05) is 37.3 Å². The Labute approximate surface area is 192 Å². The molecule has 0 aliphatic carbocycles. The summed E-state index contributed by atoms with van der Waals surface area (Å²) in [4.78, 5) is 19.4. The Morgan fingerprint density at radius 3 is 2.52 bits per heavy atom. The van der Waals surface area contributed by atoms with E-state index in [-0.39, 0.29) is 25.7 Å². The lowest BCUT2D eigenvalue weighted by atomic mass is 9.98. The van der Waals surface area contributed by atoms with E-state index in [9.17, 15) is 4.79 Å². The molecule has 2 aromatic carbocycles. The number of hydrogen-bond acceptors (Lipinski definition) is 6. The third-order valence-corrected chi connectivity index (χ3v) is 5.31. The molecule has 1 atom stereocenters. The molecule has 0 aliphatic heterocycles. The molecule has 7 nitrogen and oxygen atoms in total. The number of carboxylic acid groups (broad SMARTS) is 1. The van der Waals surface area contributed by atoms with Crippen LogP contribution in [0.2, 0.25) is 0 Å². The van der Waals surface area contributed by atoms with Crippen LogP contribution in [0, 0.1) is 0 Å². The molecule has 0 saturated carbocycles. The second-order valence-corrected chi connectivity index (χ2v) is 7.72. The van der Waals surface area contributed by atoms with Gasteiger partial charge in [0.05, 0.1) is 19.1 Å². The summed E-state index contributed by atoms with van der Waals surface area (Å²) in [6.45, 7) is 4.29. The quantitative estimate of drug-likeness (QED) is 0.349. The van der Waals surface area contributed by atoms with Gasteiger partial charge in [0.2, 0.25) is 11.6 Å². The van der Waals surface area contributed by atoms with Crippen molar-refractivity contribution in [2.45, 2.75) is 32.8 Å². The largest absolute Gasteiger partial charge is 0.481 e. The average Bonchev–Trinajstić information content (AvgIpc) is 3.23. The summed E-state index contributed by atoms with van der Waals surface area (Å²) in [5.41, 5.74) is 4.46. The van der Waals surface area contributed by atoms with Crippen molar-refractivity contribution in [3.63, 3.8) is 0 Å². The molecule has 0 amide bonds. The van der Waals surface area contributed by atoms with Gasteiger partial charge in [-0.3, -0.25) is 4.79 Å². The fourth-order valence-corrected chi connectivity index (χ4v) is 3.58. The topological polar surface area (TPSA) is 94.7 Å². The number of benzene rings is 2. The van der Waals surface area contributed by atoms with Crippen molar-refractivity contribution in [3.05, 3.63) is 66.5 Å². The van der Waals surface area contributed by atoms with Crippen LogP contribution in [0.1, 0.15) is 25.8 Å². The highest BCUT2D eigenvalue weighted by molar-refractivity contribution is 6.03. The van der Waals surface area contributed by atoms with Crippen LogP contribution < -0.4 is 4.74 Å². The van der Waals surface area contributed by atoms with Crippen molar-refractivity contribution in [3.8, 4) is 28.3 Å². The molecule has 0 saturated heterocycles. The van der Waals surface area contributed by atoms with Crippen molar-refractivity contribution in [2.24, 2.45) is 0 Å². The van der Waals surface area contributed by atoms with Gasteiger partial charge in [-0.2, -0.15) is 0 Å². The number of nitrogens with zero attached hydrogens (tertiary/aromatic N) is 2. The van der Waals surface area contributed by atoms with E-state index in [0.717, 1.165) is 23.1 Å². The maximum Gasteiger partial charge on any atom is 0.305 e. The predicted octanol–water partition coefficient (Wildman–Crippen LogP) is 5.38. The van der Waals surface area contributed by atoms with Crippen LogP contribution in [-0.4, -0.2) is 40.4 Å². The molecular weight excluding hydrogens is 420 g/mol. The third-order valence-electron chi connectivity index (χ3n) is 5.31. The minimum Gasteiger partial charge on any atom is -0.481 e. The van der Waals surface area contributed by atoms with Crippen molar-refractivity contribution in [2.75, 3.05) is 13.2 Å². The summed E-state index contributed by atoms with van der Waals surface area (Å²) in [7, 11) is 0. The first kappa shape index (κ1) is 22.5. The van der Waals surface area contributed by atoms with E-state index in [1.165, 1.54) is 11.9 Å². The molecule has 2 aromatic heterocycles. The lowest BCUT2D eigenvalue weighted by molar-refractivity contribution is -0.138. The highest BCUT2D eigenvalue weighted by Gasteiger charge is 2.23. The lowest BCUT2D eigenvalue weighted by Gasteiger charge is -2.14. The van der Waals surface area contributed by atoms with E-state index >= 15 is 0 Å². The van der Waals surface area contributed by atoms with Gasteiger partial charge in [-0.1, -0.05) is 61.5 Å². The van der Waals surface area contributed by atoms with E-state index < -0.39 is 5.97 Å². The molecule has 4 aromatic rings. The summed E-state index contributed by atoms with van der Waals surface area (Å²) in [6.07, 6.45) is 2.01. The number of hydrogen-bond donors (Lipinski definition) is 1. The van der Waals surface area contributed by atoms with E-state index in [4.69, 9.17) is 19.0 Å². The monoisotopic (exact) mass is 446 g/mol. The van der Waals surface area contributed by atoms with Crippen molar-refractivity contribution >= 4 is 17.1 Å². The molecule has 1 N–H and O–H groups in total. The molecule has 0 fully saturated rings. The second kappa shape index (κ2) is 10.3. The van der Waals surface area contributed by atoms with Gasteiger partial charge in [-0.25, -0.2) is 9.97 Å². The number of rotatable bonds is 10. The van der Waals surface area contributed by atoms with Crippen LogP contribution in [0.15, 0.2) is 65.3 Å². The summed E-state index contributed by atoms with van der Waals surface area (Å²) in [5.74, 6) is 0.200. The van der Waals surface area contributed by atoms with Gasteiger partial charge >= 0.3 is 5.97 Å². The van der Waals surface area contributed by atoms with Gasteiger partial charge in [0.1, 0.15) is 24.1 Å². The Bertz CT molecular complexity index is 1220. The molecule has 33 heavy (non-hydrogen) atoms. The Hall–Kier alpha value is -3.71. The number of carboxylic acids is 1. The van der Waals surface area contributed by atoms with Crippen LogP contribution in [0.3, 0.4) is 0 Å². The van der Waals surface area contributed by atoms with E-state index in [1.54, 1.807) is 0 Å². The molecule has 0 unspecified atom stereocenters. The first-order valence-corrected chi connectivity index (χ1v) is 10.9. The predicted molar refractivity (Wildman–Crippen MR) is 125 cm³/mol. The van der Waals surface area contributed by atoms with Crippen LogP contribution in [0.5, 0.6) is 5.88 Å². The normalized spacial score (nSPS) is 12.1. The number of fused-ring (bicyclic) bond motifs is 1. The third kappa shape index (κ3) is 5.21. The molecule has 4 rings (SSSR count). The zero-order chi connectivity index (χ0) is 23.2. The first-order chi connectivity index (χ1) is 16.1. The zero-order valence-corrected chi connectivity index (χ0v) is 18.7. The Balaban J connectivity index is 1.73. The zero-order valence-electron chi connectivity index (χ0n) is 18.7. The highest BCUT2D eigenvalue weighted by Crippen LogP contribution is 2.43. The van der Waals surface area contributed by atoms with Crippen LogP contribution in [0.25, 0.3) is 33.6 Å². The minimum atomic E-state index is -0.897. The maximum atomic E-state index is 10.7. The van der Waals surface area contributed by atoms with Crippen molar-refractivity contribution in [1.29, 1.82) is 0 Å². The number of ether oxygens (including phenoxy) is 2. The summed E-state index contributed by atoms with van der Waals surface area (Å²) in [5, 5.41) is 9.47. The fourth-order valence-electron chi connectivity index (χ4n) is 3.58. The fraction of sp³-hybridized carbons (Fsp3) is 0.269. The van der Waals surface area contributed by atoms with Crippen molar-refractivity contribution in [1.82, 2.24) is 9.97 Å². The Morgan fingerprint density at radius 2 is 1.82 bits per heavy atom. The molecule has 0 spiro atoms. The summed E-state index contributed by atoms with van der Waals surface area (Å²) < 4.78 is 17.7. The van der Waals surface area contributed by atoms with Crippen LogP contribution in [0.4, 0.5) is 0 Å². The number of aromatic nitrogens is 2. The molecule has 170 valence electrons. The number of furan rings is 1. The Kier molecular flexibility index (Phi) is 7.00. The van der Waals surface area contributed by atoms with E-state index in [0.29, 0.717) is 22.7 Å². The highest BCUT2D eigenvalue weighted by atomic mass is 16.5. The molecule has 2 heterocycles. The van der Waals surface area contributed by atoms with Gasteiger partial charge in [-0.05, 0) is 24.5 Å². The molecular formula is C26H26N2O5. The number of aliphatic carboxylic acids is 1. The van der Waals surface area contributed by atoms with Gasteiger partial charge in [-0.15, -0.1) is 0 Å². The molecule has 7 heteroatoms. The maximum absolute atomic E-state index is 10.7. The molecule has 0 aliphatic rings. The minimum absolute atomic E-state index is 0.0534. The average molecular weight is 447 g/mol. The standard InChI is InChI=1S/C26H26N2O5/c1-3-18-9-11-19(12-10-18)22-23-25(32-15-17(2)31-14-13-21(29)30)27-16-28-26(23)33-24(22)20-7-5-4-6-8-20/h4-12,16-17H,3,13-15H2,1-2H3,(H,29,30)/t17-/m0/s1. The smallest absolute Gasteiger partial charge is 0.305 e. The van der Waals surface area contributed by atoms with E-state index in [2.05, 4.69) is 41.2 Å². The number of carbonyl (C=O) groups is 1. The summed E-state index contributed by atoms with van der Waals surface area (Å²) in [6, 6.07) is 18.2.